The van der Waals surface area contributed by atoms with E-state index in [-0.39, 0.29) is 15.8 Å². The first-order valence-electron chi connectivity index (χ1n) is 4.99. The second-order valence-electron chi connectivity index (χ2n) is 3.60. The van der Waals surface area contributed by atoms with Crippen LogP contribution in [0.2, 0.25) is 0 Å². The predicted molar refractivity (Wildman–Crippen MR) is 70.1 cm³/mol. The zero-order chi connectivity index (χ0) is 14.6. The highest BCUT2D eigenvalue weighted by Crippen LogP contribution is 2.27. The van der Waals surface area contributed by atoms with Crippen LogP contribution in [-0.4, -0.2) is 40.5 Å². The number of hydrogen-bond donors (Lipinski definition) is 2. The molecule has 102 valence electrons. The van der Waals surface area contributed by atoms with Gasteiger partial charge in [0.2, 0.25) is 0 Å². The Balaban J connectivity index is 2.83. The number of nitrogens with zero attached hydrogens (tertiary/aromatic N) is 2. The zero-order valence-corrected chi connectivity index (χ0v) is 11.4. The minimum atomic E-state index is -1.15. The minimum absolute atomic E-state index is 0.196. The Labute approximate surface area is 116 Å². The number of likely N-dealkylation sites (N-methyl/N-ethyl adjacent to an activating group) is 1. The van der Waals surface area contributed by atoms with Crippen LogP contribution in [0, 0.1) is 10.1 Å². The molecule has 0 radical (unpaired) electrons. The highest BCUT2D eigenvalue weighted by atomic mass is 79.9. The topological polar surface area (TPSA) is 113 Å². The van der Waals surface area contributed by atoms with E-state index < -0.39 is 23.5 Å². The van der Waals surface area contributed by atoms with Crippen molar-refractivity contribution in [1.29, 1.82) is 0 Å². The lowest BCUT2D eigenvalue weighted by atomic mass is 10.3. The van der Waals surface area contributed by atoms with Crippen LogP contribution in [0.1, 0.15) is 0 Å². The highest BCUT2D eigenvalue weighted by Gasteiger charge is 2.16. The number of nitro benzene ring substituents is 1. The number of aliphatic carboxylic acids is 1. The summed E-state index contributed by atoms with van der Waals surface area (Å²) in [5, 5.41) is 21.6. The molecule has 2 amide bonds. The van der Waals surface area contributed by atoms with E-state index >= 15 is 0 Å². The molecule has 1 aromatic carbocycles. The largest absolute Gasteiger partial charge is 0.480 e. The molecule has 9 heteroatoms. The van der Waals surface area contributed by atoms with Crippen LogP contribution in [0.5, 0.6) is 0 Å². The lowest BCUT2D eigenvalue weighted by molar-refractivity contribution is -0.385. The maximum Gasteiger partial charge on any atom is 0.323 e. The molecule has 0 aliphatic rings. The first-order chi connectivity index (χ1) is 8.81. The molecule has 0 aliphatic heterocycles. The SMILES string of the molecule is CN(CC(=O)O)C(=O)Nc1ccc(Br)c([N+](=O)[O-])c1. The number of benzene rings is 1. The van der Waals surface area contributed by atoms with E-state index in [1.165, 1.54) is 25.2 Å². The molecule has 0 spiro atoms. The van der Waals surface area contributed by atoms with Gasteiger partial charge in [-0.1, -0.05) is 0 Å². The number of rotatable bonds is 4. The summed E-state index contributed by atoms with van der Waals surface area (Å²) >= 11 is 3.02. The van der Waals surface area contributed by atoms with Gasteiger partial charge < -0.3 is 15.3 Å². The lowest BCUT2D eigenvalue weighted by Gasteiger charge is -2.15. The molecule has 0 fully saturated rings. The molecule has 0 saturated heterocycles. The van der Waals surface area contributed by atoms with Crippen LogP contribution in [0.15, 0.2) is 22.7 Å². The monoisotopic (exact) mass is 331 g/mol. The number of carboxylic acid groups (broad SMARTS) is 1. The van der Waals surface area contributed by atoms with Crippen molar-refractivity contribution in [2.75, 3.05) is 18.9 Å². The van der Waals surface area contributed by atoms with Gasteiger partial charge in [-0.15, -0.1) is 0 Å². The molecule has 1 rings (SSSR count). The number of carboxylic acids is 1. The van der Waals surface area contributed by atoms with Crippen LogP contribution in [0.4, 0.5) is 16.2 Å². The van der Waals surface area contributed by atoms with Crippen LogP contribution in [0.25, 0.3) is 0 Å². The van der Waals surface area contributed by atoms with Crippen molar-refractivity contribution in [3.63, 3.8) is 0 Å². The number of amides is 2. The van der Waals surface area contributed by atoms with Gasteiger partial charge in [-0.05, 0) is 28.1 Å². The number of carbonyl (C=O) groups excluding carboxylic acids is 1. The van der Waals surface area contributed by atoms with Crippen molar-refractivity contribution in [2.45, 2.75) is 0 Å². The zero-order valence-electron chi connectivity index (χ0n) is 9.79. The third-order valence-electron chi connectivity index (χ3n) is 2.11. The summed E-state index contributed by atoms with van der Waals surface area (Å²) in [6, 6.07) is 3.39. The van der Waals surface area contributed by atoms with Gasteiger partial charge in [-0.2, -0.15) is 0 Å². The van der Waals surface area contributed by atoms with E-state index in [1.54, 1.807) is 0 Å². The summed E-state index contributed by atoms with van der Waals surface area (Å²) in [5.74, 6) is -1.15. The predicted octanol–water partition coefficient (Wildman–Crippen LogP) is 1.91. The van der Waals surface area contributed by atoms with E-state index in [1.807, 2.05) is 0 Å². The lowest BCUT2D eigenvalue weighted by Crippen LogP contribution is -2.35. The molecular formula is C10H10BrN3O5. The summed E-state index contributed by atoms with van der Waals surface area (Å²) in [7, 11) is 1.30. The fourth-order valence-corrected chi connectivity index (χ4v) is 1.62. The molecule has 2 N–H and O–H groups in total. The van der Waals surface area contributed by atoms with Crippen molar-refractivity contribution < 1.29 is 19.6 Å². The number of urea groups is 1. The van der Waals surface area contributed by atoms with Crippen molar-refractivity contribution in [1.82, 2.24) is 4.90 Å². The van der Waals surface area contributed by atoms with Gasteiger partial charge in [0, 0.05) is 18.8 Å². The molecule has 0 bridgehead atoms. The van der Waals surface area contributed by atoms with Crippen LogP contribution in [0.3, 0.4) is 0 Å². The smallest absolute Gasteiger partial charge is 0.323 e. The number of nitrogens with one attached hydrogen (secondary N) is 1. The Kier molecular flexibility index (Phi) is 4.81. The Morgan fingerprint density at radius 3 is 2.68 bits per heavy atom. The van der Waals surface area contributed by atoms with Crippen molar-refractivity contribution in [2.24, 2.45) is 0 Å². The Bertz CT molecular complexity index is 534. The van der Waals surface area contributed by atoms with Crippen LogP contribution < -0.4 is 5.32 Å². The van der Waals surface area contributed by atoms with Crippen molar-refractivity contribution in [3.8, 4) is 0 Å². The van der Waals surface area contributed by atoms with Gasteiger partial charge in [-0.25, -0.2) is 4.79 Å². The van der Waals surface area contributed by atoms with Gasteiger partial charge >= 0.3 is 12.0 Å². The van der Waals surface area contributed by atoms with Crippen LogP contribution in [-0.2, 0) is 4.79 Å². The molecule has 0 aliphatic carbocycles. The molecule has 19 heavy (non-hydrogen) atoms. The molecule has 1 aromatic rings. The third-order valence-corrected chi connectivity index (χ3v) is 2.78. The van der Waals surface area contributed by atoms with Crippen molar-refractivity contribution in [3.05, 3.63) is 32.8 Å². The Morgan fingerprint density at radius 2 is 2.16 bits per heavy atom. The fourth-order valence-electron chi connectivity index (χ4n) is 1.22. The first-order valence-corrected chi connectivity index (χ1v) is 5.78. The average molecular weight is 332 g/mol. The standard InChI is InChI=1S/C10H10BrN3O5/c1-13(5-9(15)16)10(17)12-6-2-3-7(11)8(4-6)14(18)19/h2-4H,5H2,1H3,(H,12,17)(H,15,16). The minimum Gasteiger partial charge on any atom is -0.480 e. The quantitative estimate of drug-likeness (QED) is 0.646. The number of carbonyl (C=O) groups is 2. The maximum absolute atomic E-state index is 11.6. The second kappa shape index (κ2) is 6.14. The average Bonchev–Trinajstić information content (AvgIpc) is 2.30. The molecule has 8 nitrogen and oxygen atoms in total. The van der Waals surface area contributed by atoms with E-state index in [0.29, 0.717) is 0 Å². The second-order valence-corrected chi connectivity index (χ2v) is 4.46. The Hall–Kier alpha value is -2.16. The fraction of sp³-hybridized carbons (Fsp3) is 0.200. The van der Waals surface area contributed by atoms with Gasteiger partial charge in [0.25, 0.3) is 5.69 Å². The molecule has 0 aromatic heterocycles. The van der Waals surface area contributed by atoms with E-state index in [2.05, 4.69) is 21.2 Å². The summed E-state index contributed by atoms with van der Waals surface area (Å²) in [4.78, 5) is 33.1. The molecular weight excluding hydrogens is 322 g/mol. The number of halogens is 1. The van der Waals surface area contributed by atoms with Gasteiger partial charge in [0.1, 0.15) is 6.54 Å². The molecule has 0 saturated carbocycles. The third kappa shape index (κ3) is 4.21. The number of anilines is 1. The molecule has 0 atom stereocenters. The van der Waals surface area contributed by atoms with E-state index in [0.717, 1.165) is 4.90 Å². The first kappa shape index (κ1) is 14.9. The van der Waals surface area contributed by atoms with E-state index in [9.17, 15) is 19.7 Å². The van der Waals surface area contributed by atoms with Gasteiger partial charge in [-0.3, -0.25) is 14.9 Å². The molecule has 0 unspecified atom stereocenters. The number of hydrogen-bond acceptors (Lipinski definition) is 4. The van der Waals surface area contributed by atoms with E-state index in [4.69, 9.17) is 5.11 Å². The summed E-state index contributed by atoms with van der Waals surface area (Å²) in [6.07, 6.45) is 0. The Morgan fingerprint density at radius 1 is 1.53 bits per heavy atom. The number of nitro groups is 1. The maximum atomic E-state index is 11.6. The van der Waals surface area contributed by atoms with Gasteiger partial charge in [0.15, 0.2) is 0 Å². The summed E-state index contributed by atoms with van der Waals surface area (Å²) in [5.41, 5.74) is 0.0100. The molecule has 0 heterocycles. The normalized spacial score (nSPS) is 9.79. The van der Waals surface area contributed by atoms with Gasteiger partial charge in [0.05, 0.1) is 9.40 Å². The van der Waals surface area contributed by atoms with Crippen LogP contribution >= 0.6 is 15.9 Å². The highest BCUT2D eigenvalue weighted by molar-refractivity contribution is 9.10. The van der Waals surface area contributed by atoms with Crippen molar-refractivity contribution >= 4 is 39.3 Å². The summed E-state index contributed by atoms with van der Waals surface area (Å²) < 4.78 is 0.286. The summed E-state index contributed by atoms with van der Waals surface area (Å²) in [6.45, 7) is -0.468.